The molecule has 2 aromatic rings. The molecule has 0 aromatic heterocycles. The SMILES string of the molecule is CCN(CCC(=O)Nc1cc(OC)c(OC)c(OC)c1)C(C)c1ccc(C#N)cc1. The summed E-state index contributed by atoms with van der Waals surface area (Å²) in [5, 5.41) is 11.9. The highest BCUT2D eigenvalue weighted by Gasteiger charge is 2.17. The van der Waals surface area contributed by atoms with Crippen molar-refractivity contribution in [2.24, 2.45) is 0 Å². The summed E-state index contributed by atoms with van der Waals surface area (Å²) in [5.74, 6) is 1.34. The first kappa shape index (κ1) is 23.0. The van der Waals surface area contributed by atoms with Gasteiger partial charge in [0.15, 0.2) is 11.5 Å². The zero-order valence-electron chi connectivity index (χ0n) is 18.2. The number of nitriles is 1. The molecule has 0 heterocycles. The number of amides is 1. The molecule has 7 heteroatoms. The van der Waals surface area contributed by atoms with Gasteiger partial charge >= 0.3 is 0 Å². The Bertz CT molecular complexity index is 865. The van der Waals surface area contributed by atoms with E-state index in [1.54, 1.807) is 12.1 Å². The van der Waals surface area contributed by atoms with Gasteiger partial charge < -0.3 is 19.5 Å². The summed E-state index contributed by atoms with van der Waals surface area (Å²) >= 11 is 0. The molecule has 0 spiro atoms. The largest absolute Gasteiger partial charge is 0.493 e. The van der Waals surface area contributed by atoms with Crippen LogP contribution in [-0.4, -0.2) is 45.2 Å². The zero-order chi connectivity index (χ0) is 22.1. The van der Waals surface area contributed by atoms with E-state index in [4.69, 9.17) is 19.5 Å². The number of hydrogen-bond donors (Lipinski definition) is 1. The van der Waals surface area contributed by atoms with E-state index in [0.717, 1.165) is 12.1 Å². The van der Waals surface area contributed by atoms with E-state index in [9.17, 15) is 4.79 Å². The van der Waals surface area contributed by atoms with Gasteiger partial charge in [-0.3, -0.25) is 9.69 Å². The van der Waals surface area contributed by atoms with Crippen LogP contribution < -0.4 is 19.5 Å². The third kappa shape index (κ3) is 5.65. The lowest BCUT2D eigenvalue weighted by Crippen LogP contribution is -2.30. The number of nitrogens with zero attached hydrogens (tertiary/aromatic N) is 2. The summed E-state index contributed by atoms with van der Waals surface area (Å²) in [4.78, 5) is 14.8. The summed E-state index contributed by atoms with van der Waals surface area (Å²) in [6.07, 6.45) is 0.338. The number of ether oxygens (including phenoxy) is 3. The second kappa shape index (κ2) is 11.1. The molecule has 0 saturated carbocycles. The summed E-state index contributed by atoms with van der Waals surface area (Å²) in [5.41, 5.74) is 2.33. The minimum atomic E-state index is -0.102. The zero-order valence-corrected chi connectivity index (χ0v) is 18.2. The summed E-state index contributed by atoms with van der Waals surface area (Å²) < 4.78 is 16.0. The average molecular weight is 412 g/mol. The van der Waals surface area contributed by atoms with Crippen LogP contribution in [0, 0.1) is 11.3 Å². The number of carbonyl (C=O) groups is 1. The van der Waals surface area contributed by atoms with Gasteiger partial charge in [0.25, 0.3) is 0 Å². The third-order valence-corrected chi connectivity index (χ3v) is 5.05. The second-order valence-corrected chi connectivity index (χ2v) is 6.75. The highest BCUT2D eigenvalue weighted by atomic mass is 16.5. The van der Waals surface area contributed by atoms with Gasteiger partial charge in [0.2, 0.25) is 11.7 Å². The van der Waals surface area contributed by atoms with Crippen molar-refractivity contribution < 1.29 is 19.0 Å². The molecule has 2 rings (SSSR count). The van der Waals surface area contributed by atoms with Gasteiger partial charge in [-0.2, -0.15) is 5.26 Å². The molecule has 0 radical (unpaired) electrons. The van der Waals surface area contributed by atoms with Crippen LogP contribution in [0.2, 0.25) is 0 Å². The number of methoxy groups -OCH3 is 3. The Labute approximate surface area is 178 Å². The number of anilines is 1. The Balaban J connectivity index is 2.02. The van der Waals surface area contributed by atoms with Crippen molar-refractivity contribution in [1.82, 2.24) is 4.90 Å². The summed E-state index contributed by atoms with van der Waals surface area (Å²) in [7, 11) is 4.60. The number of carbonyl (C=O) groups excluding carboxylic acids is 1. The van der Waals surface area contributed by atoms with Crippen molar-refractivity contribution in [3.63, 3.8) is 0 Å². The topological polar surface area (TPSA) is 83.8 Å². The number of nitrogens with one attached hydrogen (secondary N) is 1. The van der Waals surface area contributed by atoms with Gasteiger partial charge in [-0.05, 0) is 31.2 Å². The summed E-state index contributed by atoms with van der Waals surface area (Å²) in [6.45, 7) is 5.58. The molecule has 1 unspecified atom stereocenters. The monoisotopic (exact) mass is 411 g/mol. The molecule has 30 heavy (non-hydrogen) atoms. The second-order valence-electron chi connectivity index (χ2n) is 6.75. The van der Waals surface area contributed by atoms with E-state index in [0.29, 0.717) is 41.5 Å². The molecule has 0 fully saturated rings. The van der Waals surface area contributed by atoms with Crippen LogP contribution in [-0.2, 0) is 4.79 Å². The van der Waals surface area contributed by atoms with Crippen LogP contribution in [0.4, 0.5) is 5.69 Å². The maximum absolute atomic E-state index is 12.5. The highest BCUT2D eigenvalue weighted by molar-refractivity contribution is 5.91. The van der Waals surface area contributed by atoms with E-state index < -0.39 is 0 Å². The van der Waals surface area contributed by atoms with Crippen LogP contribution in [0.3, 0.4) is 0 Å². The normalized spacial score (nSPS) is 11.5. The molecular formula is C23H29N3O4. The van der Waals surface area contributed by atoms with Gasteiger partial charge in [0, 0.05) is 36.8 Å². The average Bonchev–Trinajstić information content (AvgIpc) is 2.78. The predicted octanol–water partition coefficient (Wildman–Crippen LogP) is 4.00. The maximum Gasteiger partial charge on any atom is 0.225 e. The molecule has 7 nitrogen and oxygen atoms in total. The van der Waals surface area contributed by atoms with Crippen molar-refractivity contribution in [3.05, 3.63) is 47.5 Å². The fourth-order valence-corrected chi connectivity index (χ4v) is 3.29. The van der Waals surface area contributed by atoms with E-state index in [1.165, 1.54) is 21.3 Å². The molecule has 1 atom stereocenters. The lowest BCUT2D eigenvalue weighted by atomic mass is 10.0. The molecule has 0 bridgehead atoms. The number of rotatable bonds is 10. The van der Waals surface area contributed by atoms with Crippen molar-refractivity contribution in [2.45, 2.75) is 26.3 Å². The minimum Gasteiger partial charge on any atom is -0.493 e. The van der Waals surface area contributed by atoms with E-state index in [-0.39, 0.29) is 11.9 Å². The van der Waals surface area contributed by atoms with Crippen LogP contribution in [0.15, 0.2) is 36.4 Å². The Kier molecular flexibility index (Phi) is 8.51. The van der Waals surface area contributed by atoms with Crippen LogP contribution in [0.25, 0.3) is 0 Å². The quantitative estimate of drug-likeness (QED) is 0.636. The Morgan fingerprint density at radius 3 is 2.17 bits per heavy atom. The van der Waals surface area contributed by atoms with Crippen LogP contribution >= 0.6 is 0 Å². The molecule has 1 amide bonds. The first-order valence-corrected chi connectivity index (χ1v) is 9.81. The molecule has 0 aliphatic heterocycles. The van der Waals surface area contributed by atoms with Gasteiger partial charge in [0.05, 0.1) is 33.0 Å². The van der Waals surface area contributed by atoms with E-state index in [2.05, 4.69) is 30.1 Å². The van der Waals surface area contributed by atoms with Crippen molar-refractivity contribution in [1.29, 1.82) is 5.26 Å². The fraction of sp³-hybridized carbons (Fsp3) is 0.391. The number of benzene rings is 2. The summed E-state index contributed by atoms with van der Waals surface area (Å²) in [6, 6.07) is 13.2. The number of hydrogen-bond acceptors (Lipinski definition) is 6. The van der Waals surface area contributed by atoms with Crippen molar-refractivity contribution in [2.75, 3.05) is 39.7 Å². The van der Waals surface area contributed by atoms with Gasteiger partial charge in [-0.1, -0.05) is 19.1 Å². The van der Waals surface area contributed by atoms with Crippen molar-refractivity contribution in [3.8, 4) is 23.3 Å². The predicted molar refractivity (Wildman–Crippen MR) is 116 cm³/mol. The van der Waals surface area contributed by atoms with Gasteiger partial charge in [0.1, 0.15) is 0 Å². The molecular weight excluding hydrogens is 382 g/mol. The molecule has 0 aliphatic carbocycles. The Morgan fingerprint density at radius 1 is 1.10 bits per heavy atom. The van der Waals surface area contributed by atoms with E-state index >= 15 is 0 Å². The van der Waals surface area contributed by atoms with Crippen molar-refractivity contribution >= 4 is 11.6 Å². The smallest absolute Gasteiger partial charge is 0.225 e. The Hall–Kier alpha value is -3.24. The molecule has 160 valence electrons. The first-order valence-electron chi connectivity index (χ1n) is 9.81. The van der Waals surface area contributed by atoms with Crippen LogP contribution in [0.5, 0.6) is 17.2 Å². The lowest BCUT2D eigenvalue weighted by Gasteiger charge is -2.28. The maximum atomic E-state index is 12.5. The lowest BCUT2D eigenvalue weighted by molar-refractivity contribution is -0.116. The minimum absolute atomic E-state index is 0.102. The van der Waals surface area contributed by atoms with E-state index in [1.807, 2.05) is 24.3 Å². The standard InChI is InChI=1S/C23H29N3O4/c1-6-26(16(2)18-9-7-17(15-24)8-10-18)12-11-22(27)25-19-13-20(28-3)23(30-5)21(14-19)29-4/h7-10,13-14,16H,6,11-12H2,1-5H3,(H,25,27). The highest BCUT2D eigenvalue weighted by Crippen LogP contribution is 2.39. The molecule has 2 aromatic carbocycles. The Morgan fingerprint density at radius 2 is 1.70 bits per heavy atom. The first-order chi connectivity index (χ1) is 14.5. The molecule has 0 aliphatic rings. The van der Waals surface area contributed by atoms with Gasteiger partial charge in [-0.15, -0.1) is 0 Å². The van der Waals surface area contributed by atoms with Gasteiger partial charge in [-0.25, -0.2) is 0 Å². The third-order valence-electron chi connectivity index (χ3n) is 5.05. The fourth-order valence-electron chi connectivity index (χ4n) is 3.29. The molecule has 1 N–H and O–H groups in total. The molecule has 0 saturated heterocycles. The van der Waals surface area contributed by atoms with Crippen LogP contribution in [0.1, 0.15) is 37.4 Å².